The van der Waals surface area contributed by atoms with Gasteiger partial charge in [0.15, 0.2) is 0 Å². The van der Waals surface area contributed by atoms with E-state index in [0.29, 0.717) is 17.5 Å². The first kappa shape index (κ1) is 13.8. The van der Waals surface area contributed by atoms with Crippen LogP contribution in [-0.4, -0.2) is 13.0 Å². The molecule has 4 nitrogen and oxygen atoms in total. The van der Waals surface area contributed by atoms with Crippen LogP contribution in [0, 0.1) is 11.6 Å². The smallest absolute Gasteiger partial charge is 0.272 e. The molecular formula is C14H12F2N2O2. The molecule has 0 fully saturated rings. The highest BCUT2D eigenvalue weighted by molar-refractivity contribution is 5.95. The van der Waals surface area contributed by atoms with Crippen molar-refractivity contribution in [2.45, 2.75) is 0 Å². The fourth-order valence-electron chi connectivity index (χ4n) is 1.54. The standard InChI is InChI=1S/C14H12F2N2O2/c1-20-11-5-3-10(4-6-11)17-18-14(19)12-7-2-9(15)8-13(12)16/h2-8,17H,1H3,(H,18,19). The number of hydrogen-bond acceptors (Lipinski definition) is 3. The van der Waals surface area contributed by atoms with Gasteiger partial charge in [-0.25, -0.2) is 8.78 Å². The number of hydrazine groups is 1. The molecule has 0 aromatic heterocycles. The third kappa shape index (κ3) is 3.23. The second-order valence-corrected chi connectivity index (χ2v) is 3.93. The zero-order chi connectivity index (χ0) is 14.5. The molecule has 0 spiro atoms. The number of methoxy groups -OCH3 is 1. The van der Waals surface area contributed by atoms with Crippen molar-refractivity contribution in [3.63, 3.8) is 0 Å². The normalized spacial score (nSPS) is 9.95. The minimum Gasteiger partial charge on any atom is -0.497 e. The van der Waals surface area contributed by atoms with Crippen molar-refractivity contribution in [1.82, 2.24) is 5.43 Å². The van der Waals surface area contributed by atoms with Crippen LogP contribution in [0.25, 0.3) is 0 Å². The maximum Gasteiger partial charge on any atom is 0.272 e. The molecule has 0 heterocycles. The molecule has 0 aliphatic carbocycles. The predicted octanol–water partition coefficient (Wildman–Crippen LogP) is 2.73. The summed E-state index contributed by atoms with van der Waals surface area (Å²) >= 11 is 0. The van der Waals surface area contributed by atoms with Crippen molar-refractivity contribution in [3.8, 4) is 5.75 Å². The molecule has 104 valence electrons. The monoisotopic (exact) mass is 278 g/mol. The van der Waals surface area contributed by atoms with Gasteiger partial charge in [-0.2, -0.15) is 0 Å². The number of ether oxygens (including phenoxy) is 1. The van der Waals surface area contributed by atoms with Crippen LogP contribution in [-0.2, 0) is 0 Å². The molecule has 6 heteroatoms. The number of rotatable bonds is 4. The van der Waals surface area contributed by atoms with Gasteiger partial charge in [-0.15, -0.1) is 0 Å². The molecule has 2 aromatic rings. The van der Waals surface area contributed by atoms with Crippen LogP contribution < -0.4 is 15.6 Å². The largest absolute Gasteiger partial charge is 0.497 e. The van der Waals surface area contributed by atoms with Crippen LogP contribution >= 0.6 is 0 Å². The molecule has 0 radical (unpaired) electrons. The third-order valence-electron chi connectivity index (χ3n) is 2.59. The summed E-state index contributed by atoms with van der Waals surface area (Å²) in [6.45, 7) is 0. The molecule has 2 N–H and O–H groups in total. The Morgan fingerprint density at radius 3 is 2.40 bits per heavy atom. The lowest BCUT2D eigenvalue weighted by atomic mass is 10.2. The lowest BCUT2D eigenvalue weighted by Crippen LogP contribution is -2.30. The van der Waals surface area contributed by atoms with E-state index in [1.807, 2.05) is 0 Å². The molecule has 0 aliphatic rings. The molecule has 20 heavy (non-hydrogen) atoms. The van der Waals surface area contributed by atoms with Gasteiger partial charge in [0.05, 0.1) is 18.4 Å². The maximum absolute atomic E-state index is 13.4. The number of carbonyl (C=O) groups is 1. The second kappa shape index (κ2) is 6.01. The summed E-state index contributed by atoms with van der Waals surface area (Å²) in [6.07, 6.45) is 0. The first-order valence-corrected chi connectivity index (χ1v) is 5.75. The third-order valence-corrected chi connectivity index (χ3v) is 2.59. The number of hydrogen-bond donors (Lipinski definition) is 2. The van der Waals surface area contributed by atoms with Crippen LogP contribution in [0.15, 0.2) is 42.5 Å². The van der Waals surface area contributed by atoms with Gasteiger partial charge in [0.25, 0.3) is 5.91 Å². The van der Waals surface area contributed by atoms with Gasteiger partial charge in [-0.1, -0.05) is 0 Å². The molecule has 0 unspecified atom stereocenters. The van der Waals surface area contributed by atoms with Gasteiger partial charge >= 0.3 is 0 Å². The van der Waals surface area contributed by atoms with Crippen molar-refractivity contribution in [1.29, 1.82) is 0 Å². The van der Waals surface area contributed by atoms with E-state index in [2.05, 4.69) is 10.9 Å². The van der Waals surface area contributed by atoms with Gasteiger partial charge in [-0.05, 0) is 36.4 Å². The highest BCUT2D eigenvalue weighted by Gasteiger charge is 2.11. The fourth-order valence-corrected chi connectivity index (χ4v) is 1.54. The van der Waals surface area contributed by atoms with E-state index in [-0.39, 0.29) is 5.56 Å². The van der Waals surface area contributed by atoms with Crippen molar-refractivity contribution in [2.24, 2.45) is 0 Å². The zero-order valence-corrected chi connectivity index (χ0v) is 10.6. The Labute approximate surface area is 114 Å². The average molecular weight is 278 g/mol. The summed E-state index contributed by atoms with van der Waals surface area (Å²) in [5.74, 6) is -1.68. The fraction of sp³-hybridized carbons (Fsp3) is 0.0714. The van der Waals surface area contributed by atoms with Crippen LogP contribution in [0.3, 0.4) is 0 Å². The second-order valence-electron chi connectivity index (χ2n) is 3.93. The summed E-state index contributed by atoms with van der Waals surface area (Å²) in [5.41, 5.74) is 5.30. The lowest BCUT2D eigenvalue weighted by Gasteiger charge is -2.09. The van der Waals surface area contributed by atoms with Gasteiger partial charge in [-0.3, -0.25) is 15.6 Å². The highest BCUT2D eigenvalue weighted by Crippen LogP contribution is 2.14. The van der Waals surface area contributed by atoms with Gasteiger partial charge in [0.1, 0.15) is 17.4 Å². The quantitative estimate of drug-likeness (QED) is 0.845. The number of carbonyl (C=O) groups excluding carboxylic acids is 1. The minimum atomic E-state index is -0.918. The molecule has 2 aromatic carbocycles. The molecule has 0 saturated carbocycles. The first-order valence-electron chi connectivity index (χ1n) is 5.75. The molecule has 0 saturated heterocycles. The summed E-state index contributed by atoms with van der Waals surface area (Å²) in [4.78, 5) is 11.7. The Balaban J connectivity index is 2.00. The zero-order valence-electron chi connectivity index (χ0n) is 10.6. The summed E-state index contributed by atoms with van der Waals surface area (Å²) in [6, 6.07) is 9.52. The van der Waals surface area contributed by atoms with E-state index in [9.17, 15) is 13.6 Å². The Kier molecular flexibility index (Phi) is 4.14. The SMILES string of the molecule is COc1ccc(NNC(=O)c2ccc(F)cc2F)cc1. The van der Waals surface area contributed by atoms with Gasteiger partial charge < -0.3 is 4.74 Å². The summed E-state index contributed by atoms with van der Waals surface area (Å²) in [5, 5.41) is 0. The van der Waals surface area contributed by atoms with E-state index < -0.39 is 17.5 Å². The van der Waals surface area contributed by atoms with Crippen LogP contribution in [0.5, 0.6) is 5.75 Å². The Hall–Kier alpha value is -2.63. The molecule has 0 atom stereocenters. The lowest BCUT2D eigenvalue weighted by molar-refractivity contribution is 0.0958. The van der Waals surface area contributed by atoms with Gasteiger partial charge in [0.2, 0.25) is 0 Å². The Morgan fingerprint density at radius 2 is 1.80 bits per heavy atom. The van der Waals surface area contributed by atoms with Crippen LogP contribution in [0.1, 0.15) is 10.4 Å². The van der Waals surface area contributed by atoms with Crippen molar-refractivity contribution in [2.75, 3.05) is 12.5 Å². The van der Waals surface area contributed by atoms with Crippen LogP contribution in [0.2, 0.25) is 0 Å². The predicted molar refractivity (Wildman–Crippen MR) is 70.4 cm³/mol. The van der Waals surface area contributed by atoms with E-state index in [1.165, 1.54) is 0 Å². The minimum absolute atomic E-state index is 0.243. The Bertz CT molecular complexity index is 615. The van der Waals surface area contributed by atoms with Crippen LogP contribution in [0.4, 0.5) is 14.5 Å². The first-order chi connectivity index (χ1) is 9.60. The number of amides is 1. The average Bonchev–Trinajstić information content (AvgIpc) is 2.45. The highest BCUT2D eigenvalue weighted by atomic mass is 19.1. The maximum atomic E-state index is 13.4. The summed E-state index contributed by atoms with van der Waals surface area (Å²) in [7, 11) is 1.54. The number of nitrogens with one attached hydrogen (secondary N) is 2. The van der Waals surface area contributed by atoms with Crippen molar-refractivity contribution in [3.05, 3.63) is 59.7 Å². The molecule has 2 rings (SSSR count). The molecule has 0 bridgehead atoms. The van der Waals surface area contributed by atoms with Crippen molar-refractivity contribution >= 4 is 11.6 Å². The van der Waals surface area contributed by atoms with Crippen molar-refractivity contribution < 1.29 is 18.3 Å². The molecule has 1 amide bonds. The van der Waals surface area contributed by atoms with E-state index >= 15 is 0 Å². The van der Waals surface area contributed by atoms with Gasteiger partial charge in [0, 0.05) is 6.07 Å². The summed E-state index contributed by atoms with van der Waals surface area (Å²) < 4.78 is 31.1. The Morgan fingerprint density at radius 1 is 1.10 bits per heavy atom. The topological polar surface area (TPSA) is 50.4 Å². The van der Waals surface area contributed by atoms with E-state index in [1.54, 1.807) is 31.4 Å². The molecular weight excluding hydrogens is 266 g/mol. The number of anilines is 1. The number of benzene rings is 2. The number of halogens is 2. The van der Waals surface area contributed by atoms with E-state index in [0.717, 1.165) is 12.1 Å². The van der Waals surface area contributed by atoms with E-state index in [4.69, 9.17) is 4.74 Å². The molecule has 0 aliphatic heterocycles.